The van der Waals surface area contributed by atoms with Crippen LogP contribution in [0.4, 0.5) is 5.69 Å². The summed E-state index contributed by atoms with van der Waals surface area (Å²) in [7, 11) is 0. The molecule has 2 heterocycles. The molecule has 2 aromatic rings. The Hall–Kier alpha value is -3.12. The molecule has 0 saturated carbocycles. The zero-order valence-electron chi connectivity index (χ0n) is 19.8. The molecule has 1 atom stereocenters. The molecular formula is C27H32N2O4. The summed E-state index contributed by atoms with van der Waals surface area (Å²) in [5.41, 5.74) is 4.34. The lowest BCUT2D eigenvalue weighted by atomic mass is 9.96. The average Bonchev–Trinajstić information content (AvgIpc) is 3.06. The first-order chi connectivity index (χ1) is 15.8. The van der Waals surface area contributed by atoms with Gasteiger partial charge in [0.15, 0.2) is 0 Å². The standard InChI is InChI=1S/C27H32N2O4/c1-17(2)33-23-11-9-22(10-12-23)29-26(31)24(21-8-7-18(3)19(4)14-21)25(27(29)32)28-13-5-6-20(15-28)16-30/h7-12,14,17,20,30H,5-6,13,15-16H2,1-4H3. The van der Waals surface area contributed by atoms with Crippen molar-refractivity contribution in [3.63, 3.8) is 0 Å². The number of imide groups is 1. The number of aliphatic hydroxyl groups excluding tert-OH is 1. The van der Waals surface area contributed by atoms with E-state index in [1.54, 1.807) is 24.3 Å². The van der Waals surface area contributed by atoms with Crippen LogP contribution in [0.15, 0.2) is 48.2 Å². The Morgan fingerprint density at radius 2 is 1.76 bits per heavy atom. The van der Waals surface area contributed by atoms with Gasteiger partial charge in [0.25, 0.3) is 11.8 Å². The lowest BCUT2D eigenvalue weighted by Crippen LogP contribution is -2.40. The molecule has 0 aromatic heterocycles. The van der Waals surface area contributed by atoms with Crippen molar-refractivity contribution in [3.05, 3.63) is 64.9 Å². The van der Waals surface area contributed by atoms with Crippen LogP contribution in [0.25, 0.3) is 5.57 Å². The number of likely N-dealkylation sites (tertiary alicyclic amines) is 1. The van der Waals surface area contributed by atoms with Crippen molar-refractivity contribution in [2.75, 3.05) is 24.6 Å². The lowest BCUT2D eigenvalue weighted by molar-refractivity contribution is -0.120. The van der Waals surface area contributed by atoms with Gasteiger partial charge in [-0.25, -0.2) is 4.90 Å². The predicted octanol–water partition coefficient (Wildman–Crippen LogP) is 4.08. The first-order valence-electron chi connectivity index (χ1n) is 11.6. The minimum Gasteiger partial charge on any atom is -0.491 e. The molecule has 1 unspecified atom stereocenters. The highest BCUT2D eigenvalue weighted by atomic mass is 16.5. The fourth-order valence-electron chi connectivity index (χ4n) is 4.57. The molecule has 2 aliphatic heterocycles. The van der Waals surface area contributed by atoms with E-state index in [0.717, 1.165) is 29.5 Å². The fraction of sp³-hybridized carbons (Fsp3) is 0.407. The van der Waals surface area contributed by atoms with Crippen LogP contribution in [0, 0.1) is 19.8 Å². The monoisotopic (exact) mass is 448 g/mol. The molecule has 0 radical (unpaired) electrons. The summed E-state index contributed by atoms with van der Waals surface area (Å²) in [4.78, 5) is 30.7. The topological polar surface area (TPSA) is 70.1 Å². The Bertz CT molecular complexity index is 1090. The predicted molar refractivity (Wildman–Crippen MR) is 129 cm³/mol. The van der Waals surface area contributed by atoms with E-state index in [2.05, 4.69) is 0 Å². The quantitative estimate of drug-likeness (QED) is 0.675. The number of anilines is 1. The van der Waals surface area contributed by atoms with Crippen LogP contribution in [-0.4, -0.2) is 47.6 Å². The maximum atomic E-state index is 13.7. The third kappa shape index (κ3) is 4.53. The van der Waals surface area contributed by atoms with Crippen molar-refractivity contribution in [1.82, 2.24) is 4.90 Å². The zero-order valence-corrected chi connectivity index (χ0v) is 19.8. The van der Waals surface area contributed by atoms with Gasteiger partial charge in [-0.1, -0.05) is 18.2 Å². The first-order valence-corrected chi connectivity index (χ1v) is 11.6. The van der Waals surface area contributed by atoms with Gasteiger partial charge in [-0.15, -0.1) is 0 Å². The number of aliphatic hydroxyl groups is 1. The van der Waals surface area contributed by atoms with E-state index in [9.17, 15) is 14.7 Å². The van der Waals surface area contributed by atoms with Crippen molar-refractivity contribution in [3.8, 4) is 5.75 Å². The first kappa shape index (κ1) is 23.1. The Kier molecular flexibility index (Phi) is 6.56. The Labute approximate surface area is 195 Å². The molecule has 2 aromatic carbocycles. The van der Waals surface area contributed by atoms with Crippen LogP contribution in [0.3, 0.4) is 0 Å². The molecule has 0 bridgehead atoms. The van der Waals surface area contributed by atoms with Gasteiger partial charge in [0.1, 0.15) is 11.4 Å². The van der Waals surface area contributed by atoms with E-state index in [1.807, 2.05) is 50.8 Å². The zero-order chi connectivity index (χ0) is 23.7. The molecular weight excluding hydrogens is 416 g/mol. The van der Waals surface area contributed by atoms with Gasteiger partial charge >= 0.3 is 0 Å². The number of hydrogen-bond acceptors (Lipinski definition) is 5. The number of carbonyl (C=O) groups excluding carboxylic acids is 2. The largest absolute Gasteiger partial charge is 0.491 e. The number of hydrogen-bond donors (Lipinski definition) is 1. The number of aryl methyl sites for hydroxylation is 2. The van der Waals surface area contributed by atoms with Crippen molar-refractivity contribution < 1.29 is 19.4 Å². The van der Waals surface area contributed by atoms with E-state index in [-0.39, 0.29) is 30.4 Å². The summed E-state index contributed by atoms with van der Waals surface area (Å²) < 4.78 is 5.71. The number of ether oxygens (including phenoxy) is 1. The smallest absolute Gasteiger partial charge is 0.282 e. The van der Waals surface area contributed by atoms with Gasteiger partial charge in [0.2, 0.25) is 0 Å². The van der Waals surface area contributed by atoms with Crippen molar-refractivity contribution in [2.24, 2.45) is 5.92 Å². The minimum absolute atomic E-state index is 0.0362. The Balaban J connectivity index is 1.76. The summed E-state index contributed by atoms with van der Waals surface area (Å²) in [6.07, 6.45) is 1.83. The highest BCUT2D eigenvalue weighted by Gasteiger charge is 2.43. The normalized spacial score (nSPS) is 19.2. The third-order valence-electron chi connectivity index (χ3n) is 6.42. The Morgan fingerprint density at radius 1 is 1.03 bits per heavy atom. The highest BCUT2D eigenvalue weighted by Crippen LogP contribution is 2.37. The summed E-state index contributed by atoms with van der Waals surface area (Å²) in [5, 5.41) is 9.72. The third-order valence-corrected chi connectivity index (χ3v) is 6.42. The number of rotatable bonds is 6. The molecule has 1 saturated heterocycles. The SMILES string of the molecule is Cc1ccc(C2=C(N3CCCC(CO)C3)C(=O)N(c3ccc(OC(C)C)cc3)C2=O)cc1C. The van der Waals surface area contributed by atoms with Crippen LogP contribution in [0.2, 0.25) is 0 Å². The maximum absolute atomic E-state index is 13.7. The summed E-state index contributed by atoms with van der Waals surface area (Å²) in [6, 6.07) is 13.0. The lowest BCUT2D eigenvalue weighted by Gasteiger charge is -2.34. The van der Waals surface area contributed by atoms with Gasteiger partial charge in [-0.3, -0.25) is 9.59 Å². The van der Waals surface area contributed by atoms with Crippen LogP contribution < -0.4 is 9.64 Å². The van der Waals surface area contributed by atoms with Crippen LogP contribution in [0.1, 0.15) is 43.4 Å². The molecule has 1 fully saturated rings. The molecule has 0 aliphatic carbocycles. The molecule has 6 nitrogen and oxygen atoms in total. The van der Waals surface area contributed by atoms with Gasteiger partial charge in [-0.2, -0.15) is 0 Å². The molecule has 1 N–H and O–H groups in total. The maximum Gasteiger partial charge on any atom is 0.282 e. The second-order valence-electron chi connectivity index (χ2n) is 9.27. The molecule has 4 rings (SSSR count). The van der Waals surface area contributed by atoms with Crippen molar-refractivity contribution in [2.45, 2.75) is 46.6 Å². The minimum atomic E-state index is -0.318. The van der Waals surface area contributed by atoms with Gasteiger partial charge in [0.05, 0.1) is 17.4 Å². The van der Waals surface area contributed by atoms with Crippen molar-refractivity contribution >= 4 is 23.1 Å². The van der Waals surface area contributed by atoms with Crippen LogP contribution in [0.5, 0.6) is 5.75 Å². The molecule has 2 amide bonds. The van der Waals surface area contributed by atoms with E-state index >= 15 is 0 Å². The van der Waals surface area contributed by atoms with E-state index < -0.39 is 0 Å². The van der Waals surface area contributed by atoms with Crippen LogP contribution in [-0.2, 0) is 9.59 Å². The van der Waals surface area contributed by atoms with E-state index in [4.69, 9.17) is 4.74 Å². The second-order valence-corrected chi connectivity index (χ2v) is 9.27. The number of amides is 2. The summed E-state index contributed by atoms with van der Waals surface area (Å²) >= 11 is 0. The molecule has 2 aliphatic rings. The van der Waals surface area contributed by atoms with Gasteiger partial charge in [0, 0.05) is 19.7 Å². The summed E-state index contributed by atoms with van der Waals surface area (Å²) in [6.45, 7) is 9.26. The molecule has 0 spiro atoms. The van der Waals surface area contributed by atoms with Crippen molar-refractivity contribution in [1.29, 1.82) is 0 Å². The number of piperidine rings is 1. The molecule has 174 valence electrons. The average molecular weight is 449 g/mol. The number of nitrogens with zero attached hydrogens (tertiary/aromatic N) is 2. The fourth-order valence-corrected chi connectivity index (χ4v) is 4.57. The number of carbonyl (C=O) groups is 2. The van der Waals surface area contributed by atoms with E-state index in [1.165, 1.54) is 4.90 Å². The summed E-state index contributed by atoms with van der Waals surface area (Å²) in [5.74, 6) is 0.153. The number of benzene rings is 2. The molecule has 6 heteroatoms. The van der Waals surface area contributed by atoms with Gasteiger partial charge in [-0.05, 0) is 87.4 Å². The molecule has 33 heavy (non-hydrogen) atoms. The van der Waals surface area contributed by atoms with Gasteiger partial charge < -0.3 is 14.7 Å². The van der Waals surface area contributed by atoms with E-state index in [0.29, 0.717) is 35.8 Å². The Morgan fingerprint density at radius 3 is 2.39 bits per heavy atom. The second kappa shape index (κ2) is 9.40. The highest BCUT2D eigenvalue weighted by molar-refractivity contribution is 6.45. The van der Waals surface area contributed by atoms with Crippen LogP contribution >= 0.6 is 0 Å².